The van der Waals surface area contributed by atoms with Gasteiger partial charge in [-0.05, 0) is 38.7 Å². The lowest BCUT2D eigenvalue weighted by atomic mass is 9.97. The molecule has 0 saturated carbocycles. The van der Waals surface area contributed by atoms with E-state index in [1.165, 1.54) is 0 Å². The van der Waals surface area contributed by atoms with Gasteiger partial charge < -0.3 is 19.9 Å². The number of piperidine rings is 2. The van der Waals surface area contributed by atoms with Gasteiger partial charge in [0.2, 0.25) is 16.0 Å². The van der Waals surface area contributed by atoms with Crippen LogP contribution in [0.15, 0.2) is 18.5 Å². The fourth-order valence-electron chi connectivity index (χ4n) is 4.09. The molecule has 0 aliphatic carbocycles. The van der Waals surface area contributed by atoms with Gasteiger partial charge in [0, 0.05) is 44.6 Å². The highest BCUT2D eigenvalue weighted by Gasteiger charge is 2.36. The summed E-state index contributed by atoms with van der Waals surface area (Å²) in [6.45, 7) is 4.87. The first-order valence-electron chi connectivity index (χ1n) is 10.5. The molecule has 3 rings (SSSR count). The lowest BCUT2D eigenvalue weighted by Crippen LogP contribution is -2.60. The number of likely N-dealkylation sites (tertiary alicyclic amines) is 1. The smallest absolute Gasteiger partial charge is 0.317 e. The van der Waals surface area contributed by atoms with Crippen molar-refractivity contribution in [2.24, 2.45) is 0 Å². The predicted octanol–water partition coefficient (Wildman–Crippen LogP) is 0.574. The van der Waals surface area contributed by atoms with Crippen LogP contribution in [0, 0.1) is 0 Å². The summed E-state index contributed by atoms with van der Waals surface area (Å²) < 4.78 is 32.6. The van der Waals surface area contributed by atoms with E-state index in [-0.39, 0.29) is 24.2 Å². The van der Waals surface area contributed by atoms with Crippen LogP contribution in [0.5, 0.6) is 0 Å². The number of urea groups is 1. The van der Waals surface area contributed by atoms with Crippen molar-refractivity contribution in [1.82, 2.24) is 24.9 Å². The van der Waals surface area contributed by atoms with E-state index in [9.17, 15) is 13.2 Å². The Hall–Kier alpha value is -1.98. The zero-order valence-electron chi connectivity index (χ0n) is 17.7. The van der Waals surface area contributed by atoms with Crippen LogP contribution < -0.4 is 14.9 Å². The third-order valence-electron chi connectivity index (χ3n) is 5.51. The lowest BCUT2D eigenvalue weighted by molar-refractivity contribution is -0.00988. The molecule has 0 aromatic carbocycles. The van der Waals surface area contributed by atoms with E-state index >= 15 is 0 Å². The number of aromatic nitrogens is 2. The van der Waals surface area contributed by atoms with Crippen molar-refractivity contribution >= 4 is 22.0 Å². The Balaban J connectivity index is 1.59. The number of ether oxygens (including phenoxy) is 1. The van der Waals surface area contributed by atoms with E-state index in [1.807, 2.05) is 6.92 Å². The normalized spacial score (nSPS) is 23.4. The minimum atomic E-state index is -3.38. The first-order valence-corrected chi connectivity index (χ1v) is 12.4. The van der Waals surface area contributed by atoms with Crippen LogP contribution in [-0.2, 0) is 14.8 Å². The van der Waals surface area contributed by atoms with Crippen LogP contribution >= 0.6 is 0 Å². The molecule has 0 spiro atoms. The van der Waals surface area contributed by atoms with Crippen molar-refractivity contribution in [3.8, 4) is 0 Å². The lowest BCUT2D eigenvalue weighted by Gasteiger charge is -2.42. The third kappa shape index (κ3) is 6.26. The second-order valence-electron chi connectivity index (χ2n) is 7.80. The number of anilines is 1. The Morgan fingerprint density at radius 1 is 1.20 bits per heavy atom. The summed E-state index contributed by atoms with van der Waals surface area (Å²) in [4.78, 5) is 25.0. The quantitative estimate of drug-likeness (QED) is 0.637. The predicted molar refractivity (Wildman–Crippen MR) is 114 cm³/mol. The molecule has 2 aliphatic heterocycles. The zero-order valence-corrected chi connectivity index (χ0v) is 18.5. The highest BCUT2D eigenvalue weighted by Crippen LogP contribution is 2.22. The summed E-state index contributed by atoms with van der Waals surface area (Å²) in [6.07, 6.45) is 7.76. The number of nitrogens with zero attached hydrogens (tertiary/aromatic N) is 4. The van der Waals surface area contributed by atoms with E-state index in [0.717, 1.165) is 44.6 Å². The van der Waals surface area contributed by atoms with Crippen LogP contribution in [0.25, 0.3) is 0 Å². The molecule has 0 bridgehead atoms. The Morgan fingerprint density at radius 3 is 2.53 bits per heavy atom. The summed E-state index contributed by atoms with van der Waals surface area (Å²) in [5.41, 5.74) is 0. The van der Waals surface area contributed by atoms with Gasteiger partial charge in [-0.3, -0.25) is 0 Å². The molecule has 2 saturated heterocycles. The molecule has 30 heavy (non-hydrogen) atoms. The first-order chi connectivity index (χ1) is 14.4. The van der Waals surface area contributed by atoms with Gasteiger partial charge in [-0.2, -0.15) is 0 Å². The minimum absolute atomic E-state index is 0.0573. The summed E-state index contributed by atoms with van der Waals surface area (Å²) >= 11 is 0. The van der Waals surface area contributed by atoms with E-state index in [4.69, 9.17) is 4.74 Å². The zero-order chi connectivity index (χ0) is 21.6. The maximum Gasteiger partial charge on any atom is 0.317 e. The van der Waals surface area contributed by atoms with Crippen molar-refractivity contribution in [2.75, 3.05) is 43.9 Å². The van der Waals surface area contributed by atoms with Crippen molar-refractivity contribution in [1.29, 1.82) is 0 Å². The fraction of sp³-hybridized carbons (Fsp3) is 0.737. The minimum Gasteiger partial charge on any atom is -0.376 e. The number of carbonyl (C=O) groups excluding carboxylic acids is 1. The summed E-state index contributed by atoms with van der Waals surface area (Å²) in [7, 11) is -3.38. The summed E-state index contributed by atoms with van der Waals surface area (Å²) in [5.74, 6) is 0.725. The standard InChI is InChI=1S/C19H32N6O4S/c1-3-20-19(26)25-11-4-6-16(23-30(2,27)28)17(25)14-29-15-7-12-24(13-8-15)18-21-9-5-10-22-18/h5,9-10,15-17,23H,3-4,6-8,11-14H2,1-2H3,(H,20,26)/t16-,17-/m0/s1. The second kappa shape index (κ2) is 10.4. The number of hydrogen-bond acceptors (Lipinski definition) is 7. The number of amides is 2. The van der Waals surface area contributed by atoms with Gasteiger partial charge in [0.15, 0.2) is 0 Å². The molecule has 2 aliphatic rings. The summed E-state index contributed by atoms with van der Waals surface area (Å²) in [6, 6.07) is 0.928. The Morgan fingerprint density at radius 2 is 1.90 bits per heavy atom. The SMILES string of the molecule is CCNC(=O)N1CCC[C@H](NS(C)(=O)=O)[C@@H]1COC1CCN(c2ncccn2)CC1. The number of carbonyl (C=O) groups is 1. The van der Waals surface area contributed by atoms with Gasteiger partial charge in [0.05, 0.1) is 25.0 Å². The molecule has 1 aromatic rings. The van der Waals surface area contributed by atoms with Crippen molar-refractivity contribution in [3.05, 3.63) is 18.5 Å². The van der Waals surface area contributed by atoms with Gasteiger partial charge >= 0.3 is 6.03 Å². The van der Waals surface area contributed by atoms with Crippen molar-refractivity contribution in [2.45, 2.75) is 50.8 Å². The van der Waals surface area contributed by atoms with Crippen molar-refractivity contribution in [3.63, 3.8) is 0 Å². The maximum absolute atomic E-state index is 12.5. The number of hydrogen-bond donors (Lipinski definition) is 2. The Kier molecular flexibility index (Phi) is 7.84. The second-order valence-corrected chi connectivity index (χ2v) is 9.58. The Labute approximate surface area is 178 Å². The molecule has 1 aromatic heterocycles. The van der Waals surface area contributed by atoms with Crippen LogP contribution in [0.4, 0.5) is 10.7 Å². The Bertz CT molecular complexity index is 785. The van der Waals surface area contributed by atoms with Crippen LogP contribution in [-0.4, -0.2) is 86.5 Å². The van der Waals surface area contributed by atoms with Gasteiger partial charge in [0.1, 0.15) is 0 Å². The molecule has 11 heteroatoms. The van der Waals surface area contributed by atoms with Crippen molar-refractivity contribution < 1.29 is 17.9 Å². The average molecular weight is 441 g/mol. The molecule has 168 valence electrons. The molecule has 2 fully saturated rings. The first kappa shape index (κ1) is 22.7. The van der Waals surface area contributed by atoms with E-state index in [2.05, 4.69) is 24.9 Å². The highest BCUT2D eigenvalue weighted by molar-refractivity contribution is 7.88. The fourth-order valence-corrected chi connectivity index (χ4v) is 4.92. The van der Waals surface area contributed by atoms with Gasteiger partial charge in [-0.15, -0.1) is 0 Å². The van der Waals surface area contributed by atoms with Gasteiger partial charge in [-0.25, -0.2) is 27.9 Å². The maximum atomic E-state index is 12.5. The largest absolute Gasteiger partial charge is 0.376 e. The third-order valence-corrected chi connectivity index (χ3v) is 6.24. The average Bonchev–Trinajstić information content (AvgIpc) is 2.73. The van der Waals surface area contributed by atoms with Gasteiger partial charge in [0.25, 0.3) is 0 Å². The van der Waals surface area contributed by atoms with E-state index in [0.29, 0.717) is 26.1 Å². The monoisotopic (exact) mass is 440 g/mol. The number of nitrogens with one attached hydrogen (secondary N) is 2. The molecule has 10 nitrogen and oxygen atoms in total. The molecule has 2 atom stereocenters. The number of rotatable bonds is 7. The molecule has 0 unspecified atom stereocenters. The molecular weight excluding hydrogens is 408 g/mol. The van der Waals surface area contributed by atoms with Crippen LogP contribution in [0.3, 0.4) is 0 Å². The summed E-state index contributed by atoms with van der Waals surface area (Å²) in [5, 5.41) is 2.82. The molecule has 0 radical (unpaired) electrons. The molecular formula is C19H32N6O4S. The molecule has 2 amide bonds. The van der Waals surface area contributed by atoms with Gasteiger partial charge in [-0.1, -0.05) is 0 Å². The topological polar surface area (TPSA) is 117 Å². The van der Waals surface area contributed by atoms with Crippen LogP contribution in [0.1, 0.15) is 32.6 Å². The van der Waals surface area contributed by atoms with E-state index in [1.54, 1.807) is 23.4 Å². The molecule has 3 heterocycles. The van der Waals surface area contributed by atoms with Crippen LogP contribution in [0.2, 0.25) is 0 Å². The van der Waals surface area contributed by atoms with E-state index < -0.39 is 10.0 Å². The number of sulfonamides is 1. The molecule has 2 N–H and O–H groups in total. The highest BCUT2D eigenvalue weighted by atomic mass is 32.2.